The average Bonchev–Trinajstić information content (AvgIpc) is 2.70. The molecule has 0 bridgehead atoms. The van der Waals surface area contributed by atoms with Crippen molar-refractivity contribution in [3.8, 4) is 11.1 Å². The lowest BCUT2D eigenvalue weighted by molar-refractivity contribution is 0.292. The van der Waals surface area contributed by atoms with Crippen LogP contribution >= 0.6 is 0 Å². The fourth-order valence-electron chi connectivity index (χ4n) is 4.41. The van der Waals surface area contributed by atoms with Gasteiger partial charge in [0.1, 0.15) is 0 Å². The van der Waals surface area contributed by atoms with E-state index < -0.39 is 0 Å². The maximum absolute atomic E-state index is 2.44. The highest BCUT2D eigenvalue weighted by Gasteiger charge is 2.32. The van der Waals surface area contributed by atoms with Gasteiger partial charge in [-0.3, -0.25) is 0 Å². The van der Waals surface area contributed by atoms with Gasteiger partial charge in [-0.05, 0) is 66.2 Å². The van der Waals surface area contributed by atoms with Crippen molar-refractivity contribution in [1.82, 2.24) is 0 Å². The first-order valence-corrected chi connectivity index (χ1v) is 9.87. The fourth-order valence-corrected chi connectivity index (χ4v) is 4.41. The molecule has 0 atom stereocenters. The quantitative estimate of drug-likeness (QED) is 0.470. The molecule has 26 heavy (non-hydrogen) atoms. The molecule has 0 radical (unpaired) electrons. The van der Waals surface area contributed by atoms with Crippen molar-refractivity contribution >= 4 is 0 Å². The lowest BCUT2D eigenvalue weighted by Crippen LogP contribution is -2.27. The fraction of sp³-hybridized carbons (Fsp3) is 0.308. The largest absolute Gasteiger partial charge is 0.0622 e. The van der Waals surface area contributed by atoms with Gasteiger partial charge in [0.2, 0.25) is 0 Å². The van der Waals surface area contributed by atoms with Crippen LogP contribution in [-0.4, -0.2) is 0 Å². The zero-order valence-electron chi connectivity index (χ0n) is 15.9. The molecule has 0 saturated heterocycles. The van der Waals surface area contributed by atoms with E-state index in [4.69, 9.17) is 0 Å². The highest BCUT2D eigenvalue weighted by molar-refractivity contribution is 5.64. The summed E-state index contributed by atoms with van der Waals surface area (Å²) in [5.74, 6) is 0.707. The van der Waals surface area contributed by atoms with Crippen LogP contribution in [0.4, 0.5) is 0 Å². The van der Waals surface area contributed by atoms with Crippen LogP contribution < -0.4 is 0 Å². The summed E-state index contributed by atoms with van der Waals surface area (Å²) in [6.07, 6.45) is 5.13. The highest BCUT2D eigenvalue weighted by atomic mass is 14.4. The smallest absolute Gasteiger partial charge is 0.00748 e. The molecule has 132 valence electrons. The van der Waals surface area contributed by atoms with Crippen LogP contribution in [0.15, 0.2) is 78.9 Å². The summed E-state index contributed by atoms with van der Waals surface area (Å²) in [4.78, 5) is 0. The molecule has 0 heteroatoms. The van der Waals surface area contributed by atoms with E-state index in [2.05, 4.69) is 92.7 Å². The third kappa shape index (κ3) is 3.46. The Labute approximate surface area is 157 Å². The van der Waals surface area contributed by atoms with Crippen molar-refractivity contribution in [3.63, 3.8) is 0 Å². The molecule has 0 amide bonds. The van der Waals surface area contributed by atoms with E-state index in [0.717, 1.165) is 0 Å². The number of rotatable bonds is 3. The Balaban J connectivity index is 1.45. The minimum atomic E-state index is 0.347. The van der Waals surface area contributed by atoms with Gasteiger partial charge in [0.05, 0.1) is 0 Å². The van der Waals surface area contributed by atoms with Gasteiger partial charge in [-0.1, -0.05) is 91.3 Å². The summed E-state index contributed by atoms with van der Waals surface area (Å²) in [5.41, 5.74) is 7.30. The zero-order valence-corrected chi connectivity index (χ0v) is 15.9. The molecular weight excluding hydrogens is 312 g/mol. The van der Waals surface area contributed by atoms with Crippen molar-refractivity contribution in [2.75, 3.05) is 0 Å². The van der Waals surface area contributed by atoms with Crippen LogP contribution in [0.2, 0.25) is 0 Å². The van der Waals surface area contributed by atoms with Gasteiger partial charge in [-0.15, -0.1) is 0 Å². The second kappa shape index (κ2) is 7.11. The average molecular weight is 341 g/mol. The van der Waals surface area contributed by atoms with E-state index in [0.29, 0.717) is 11.3 Å². The van der Waals surface area contributed by atoms with Crippen LogP contribution in [0.5, 0.6) is 0 Å². The lowest BCUT2D eigenvalue weighted by atomic mass is 9.67. The van der Waals surface area contributed by atoms with E-state index in [1.807, 2.05) is 0 Å². The minimum Gasteiger partial charge on any atom is -0.0622 e. The van der Waals surface area contributed by atoms with E-state index in [1.165, 1.54) is 53.5 Å². The maximum atomic E-state index is 2.44. The molecule has 1 fully saturated rings. The Bertz CT molecular complexity index is 833. The molecule has 0 aromatic heterocycles. The van der Waals surface area contributed by atoms with Crippen LogP contribution in [0.25, 0.3) is 11.1 Å². The molecule has 0 N–H and O–H groups in total. The number of aryl methyl sites for hydroxylation is 1. The molecule has 0 aliphatic heterocycles. The van der Waals surface area contributed by atoms with E-state index in [9.17, 15) is 0 Å². The van der Waals surface area contributed by atoms with Crippen molar-refractivity contribution in [2.24, 2.45) is 0 Å². The Kier molecular flexibility index (Phi) is 4.68. The summed E-state index contributed by atoms with van der Waals surface area (Å²) in [5, 5.41) is 0. The maximum Gasteiger partial charge on any atom is -0.00748 e. The van der Waals surface area contributed by atoms with Crippen molar-refractivity contribution < 1.29 is 0 Å². The van der Waals surface area contributed by atoms with E-state index >= 15 is 0 Å². The van der Waals surface area contributed by atoms with Crippen molar-refractivity contribution in [2.45, 2.75) is 50.9 Å². The normalized spacial score (nSPS) is 22.9. The van der Waals surface area contributed by atoms with Crippen molar-refractivity contribution in [3.05, 3.63) is 95.6 Å². The molecule has 3 aromatic rings. The SMILES string of the molecule is Cc1ccc(-c2ccc(C3CCC(C)(c4ccccc4)CC3)cc2)cc1. The molecular formula is C26H28. The molecule has 0 nitrogen and oxygen atoms in total. The first-order valence-electron chi connectivity index (χ1n) is 9.87. The van der Waals surface area contributed by atoms with Gasteiger partial charge in [-0.2, -0.15) is 0 Å². The number of benzene rings is 3. The molecule has 1 aliphatic rings. The van der Waals surface area contributed by atoms with Crippen LogP contribution in [-0.2, 0) is 5.41 Å². The molecule has 1 aliphatic carbocycles. The summed E-state index contributed by atoms with van der Waals surface area (Å²) in [7, 11) is 0. The molecule has 4 rings (SSSR count). The Morgan fingerprint density at radius 3 is 1.81 bits per heavy atom. The molecule has 0 spiro atoms. The standard InChI is InChI=1S/C26H28/c1-20-8-10-21(11-9-20)22-12-14-23(15-13-22)24-16-18-26(2,19-17-24)25-6-4-3-5-7-25/h3-15,24H,16-19H2,1-2H3. The van der Waals surface area contributed by atoms with Gasteiger partial charge in [0, 0.05) is 0 Å². The van der Waals surface area contributed by atoms with Gasteiger partial charge in [0.25, 0.3) is 0 Å². The van der Waals surface area contributed by atoms with Gasteiger partial charge in [0.15, 0.2) is 0 Å². The molecule has 0 unspecified atom stereocenters. The molecule has 3 aromatic carbocycles. The zero-order chi connectivity index (χ0) is 18.0. The molecule has 0 heterocycles. The molecule has 1 saturated carbocycles. The Morgan fingerprint density at radius 1 is 0.692 bits per heavy atom. The van der Waals surface area contributed by atoms with Crippen molar-refractivity contribution in [1.29, 1.82) is 0 Å². The van der Waals surface area contributed by atoms with E-state index in [1.54, 1.807) is 0 Å². The topological polar surface area (TPSA) is 0 Å². The second-order valence-electron chi connectivity index (χ2n) is 8.19. The lowest BCUT2D eigenvalue weighted by Gasteiger charge is -2.38. The van der Waals surface area contributed by atoms with E-state index in [-0.39, 0.29) is 0 Å². The number of hydrogen-bond donors (Lipinski definition) is 0. The van der Waals surface area contributed by atoms with Gasteiger partial charge < -0.3 is 0 Å². The summed E-state index contributed by atoms with van der Waals surface area (Å²) >= 11 is 0. The Morgan fingerprint density at radius 2 is 1.23 bits per heavy atom. The second-order valence-corrected chi connectivity index (χ2v) is 8.19. The third-order valence-electron chi connectivity index (χ3n) is 6.33. The first kappa shape index (κ1) is 17.1. The summed E-state index contributed by atoms with van der Waals surface area (Å²) in [6, 6.07) is 29.2. The first-order chi connectivity index (χ1) is 12.6. The highest BCUT2D eigenvalue weighted by Crippen LogP contribution is 2.44. The van der Waals surface area contributed by atoms with Crippen LogP contribution in [0.1, 0.15) is 55.2 Å². The van der Waals surface area contributed by atoms with Crippen LogP contribution in [0.3, 0.4) is 0 Å². The van der Waals surface area contributed by atoms with Crippen LogP contribution in [0, 0.1) is 6.92 Å². The van der Waals surface area contributed by atoms with Gasteiger partial charge >= 0.3 is 0 Å². The Hall–Kier alpha value is -2.34. The monoisotopic (exact) mass is 340 g/mol. The summed E-state index contributed by atoms with van der Waals surface area (Å²) < 4.78 is 0. The number of hydrogen-bond acceptors (Lipinski definition) is 0. The summed E-state index contributed by atoms with van der Waals surface area (Å²) in [6.45, 7) is 4.58. The minimum absolute atomic E-state index is 0.347. The third-order valence-corrected chi connectivity index (χ3v) is 6.33. The van der Waals surface area contributed by atoms with Gasteiger partial charge in [-0.25, -0.2) is 0 Å². The predicted octanol–water partition coefficient (Wildman–Crippen LogP) is 7.28. The predicted molar refractivity (Wildman–Crippen MR) is 112 cm³/mol.